The van der Waals surface area contributed by atoms with Crippen LogP contribution in [0.3, 0.4) is 0 Å². The average molecular weight is 420 g/mol. The number of nitrogens with zero attached hydrogens (tertiary/aromatic N) is 3. The van der Waals surface area contributed by atoms with E-state index in [-0.39, 0.29) is 15.9 Å². The molecule has 1 aromatic rings. The Hall–Kier alpha value is -1.53. The number of ether oxygens (including phenoxy) is 1. The summed E-state index contributed by atoms with van der Waals surface area (Å²) in [6.07, 6.45) is 6.75. The van der Waals surface area contributed by atoms with Crippen LogP contribution >= 0.6 is 0 Å². The van der Waals surface area contributed by atoms with Crippen LogP contribution < -0.4 is 0 Å². The fourth-order valence-corrected chi connectivity index (χ4v) is 7.42. The number of nitriles is 1. The van der Waals surface area contributed by atoms with E-state index in [1.54, 1.807) is 0 Å². The summed E-state index contributed by atoms with van der Waals surface area (Å²) in [4.78, 5) is 2.52. The third-order valence-corrected chi connectivity index (χ3v) is 9.39. The van der Waals surface area contributed by atoms with Crippen molar-refractivity contribution in [1.82, 2.24) is 9.21 Å². The van der Waals surface area contributed by atoms with Gasteiger partial charge in [0.25, 0.3) is 0 Å². The maximum absolute atomic E-state index is 13.8. The van der Waals surface area contributed by atoms with Crippen molar-refractivity contribution in [3.63, 3.8) is 0 Å². The highest BCUT2D eigenvalue weighted by Gasteiger charge is 2.49. The van der Waals surface area contributed by atoms with E-state index >= 15 is 0 Å². The molecule has 5 rings (SSSR count). The summed E-state index contributed by atoms with van der Waals surface area (Å²) in [7, 11) is -3.78. The van der Waals surface area contributed by atoms with Crippen LogP contribution in [0.25, 0.3) is 0 Å². The summed E-state index contributed by atoms with van der Waals surface area (Å²) in [5.41, 5.74) is 0.249. The van der Waals surface area contributed by atoms with Gasteiger partial charge in [0.05, 0.1) is 29.2 Å². The van der Waals surface area contributed by atoms with Crippen LogP contribution in [0.2, 0.25) is 0 Å². The summed E-state index contributed by atoms with van der Waals surface area (Å²) >= 11 is 0. The number of fused-ring (bicyclic) bond motifs is 2. The second-order valence-corrected chi connectivity index (χ2v) is 11.1. The number of likely N-dealkylation sites (tertiary alicyclic amines) is 1. The molecule has 0 N–H and O–H groups in total. The number of hydrogen-bond donors (Lipinski definition) is 0. The van der Waals surface area contributed by atoms with Gasteiger partial charge in [-0.2, -0.15) is 9.57 Å². The van der Waals surface area contributed by atoms with E-state index in [1.165, 1.54) is 16.8 Å². The molecule has 0 unspecified atom stereocenters. The standard InChI is InChI=1S/C21H26FN3O3S/c22-16-7-15(12-23)8-20(9-16)29(26,27)24-5-3-21(4-6-24)2-1-17(11-21)25-13-19-10-18(25)14-28-19/h7-9,17-19H,1-6,10-11,13-14H2/t17-,18+,19+/m0/s1. The van der Waals surface area contributed by atoms with E-state index in [1.807, 2.05) is 6.07 Å². The third kappa shape index (κ3) is 3.38. The molecule has 0 amide bonds. The first-order valence-electron chi connectivity index (χ1n) is 10.5. The van der Waals surface area contributed by atoms with Crippen molar-refractivity contribution in [2.24, 2.45) is 5.41 Å². The first-order chi connectivity index (χ1) is 13.9. The first kappa shape index (κ1) is 19.4. The highest BCUT2D eigenvalue weighted by molar-refractivity contribution is 7.89. The minimum absolute atomic E-state index is 0.0274. The number of rotatable bonds is 3. The maximum Gasteiger partial charge on any atom is 0.243 e. The Morgan fingerprint density at radius 2 is 1.97 bits per heavy atom. The van der Waals surface area contributed by atoms with E-state index in [0.29, 0.717) is 31.3 Å². The number of hydrogen-bond acceptors (Lipinski definition) is 5. The van der Waals surface area contributed by atoms with Crippen LogP contribution in [0.15, 0.2) is 23.1 Å². The zero-order valence-corrected chi connectivity index (χ0v) is 17.2. The van der Waals surface area contributed by atoms with Crippen molar-refractivity contribution in [2.45, 2.75) is 61.6 Å². The molecule has 3 atom stereocenters. The normalized spacial score (nSPS) is 32.1. The van der Waals surface area contributed by atoms with Crippen molar-refractivity contribution < 1.29 is 17.5 Å². The fraction of sp³-hybridized carbons (Fsp3) is 0.667. The molecule has 1 aromatic carbocycles. The first-order valence-corrected chi connectivity index (χ1v) is 11.9. The Morgan fingerprint density at radius 1 is 1.17 bits per heavy atom. The van der Waals surface area contributed by atoms with Crippen LogP contribution in [0.5, 0.6) is 0 Å². The Labute approximate surface area is 171 Å². The SMILES string of the molecule is N#Cc1cc(F)cc(S(=O)(=O)N2CCC3(CC[C@H](N4C[C@H]5C[C@@H]4CO5)C3)CC2)c1. The Kier molecular flexibility index (Phi) is 4.70. The molecule has 3 heterocycles. The van der Waals surface area contributed by atoms with Crippen LogP contribution in [-0.4, -0.2) is 62.1 Å². The van der Waals surface area contributed by atoms with E-state index in [4.69, 9.17) is 10.00 Å². The summed E-state index contributed by atoms with van der Waals surface area (Å²) in [6.45, 7) is 2.83. The predicted molar refractivity (Wildman–Crippen MR) is 104 cm³/mol. The number of piperidine rings is 1. The van der Waals surface area contributed by atoms with Gasteiger partial charge in [-0.25, -0.2) is 12.8 Å². The van der Waals surface area contributed by atoms with Gasteiger partial charge in [0.1, 0.15) is 5.82 Å². The van der Waals surface area contributed by atoms with Crippen LogP contribution in [0, 0.1) is 22.6 Å². The Morgan fingerprint density at radius 3 is 2.62 bits per heavy atom. The van der Waals surface area contributed by atoms with Crippen molar-refractivity contribution in [2.75, 3.05) is 26.2 Å². The highest BCUT2D eigenvalue weighted by Crippen LogP contribution is 2.50. The predicted octanol–water partition coefficient (Wildman–Crippen LogP) is 2.49. The zero-order valence-electron chi connectivity index (χ0n) is 16.4. The molecule has 29 heavy (non-hydrogen) atoms. The lowest BCUT2D eigenvalue weighted by molar-refractivity contribution is 0.00873. The van der Waals surface area contributed by atoms with E-state index in [2.05, 4.69) is 4.90 Å². The highest BCUT2D eigenvalue weighted by atomic mass is 32.2. The molecule has 1 aliphatic carbocycles. The van der Waals surface area contributed by atoms with Gasteiger partial charge in [0.2, 0.25) is 10.0 Å². The quantitative estimate of drug-likeness (QED) is 0.753. The van der Waals surface area contributed by atoms with Gasteiger partial charge in [-0.1, -0.05) is 0 Å². The van der Waals surface area contributed by atoms with Crippen molar-refractivity contribution in [3.8, 4) is 6.07 Å². The van der Waals surface area contributed by atoms with E-state index < -0.39 is 15.8 Å². The largest absolute Gasteiger partial charge is 0.375 e. The molecule has 3 saturated heterocycles. The molecule has 3 aliphatic heterocycles. The Balaban J connectivity index is 1.26. The molecule has 0 radical (unpaired) electrons. The molecule has 6 nitrogen and oxygen atoms in total. The molecule has 4 aliphatic rings. The Bertz CT molecular complexity index is 952. The average Bonchev–Trinajstić information content (AvgIpc) is 3.44. The fourth-order valence-electron chi connectivity index (χ4n) is 5.92. The van der Waals surface area contributed by atoms with Gasteiger partial charge in [0.15, 0.2) is 0 Å². The molecular weight excluding hydrogens is 393 g/mol. The lowest BCUT2D eigenvalue weighted by Gasteiger charge is -2.40. The van der Waals surface area contributed by atoms with Crippen molar-refractivity contribution in [3.05, 3.63) is 29.6 Å². The molecule has 4 fully saturated rings. The number of halogens is 1. The molecule has 2 bridgehead atoms. The van der Waals surface area contributed by atoms with Gasteiger partial charge in [0, 0.05) is 31.7 Å². The van der Waals surface area contributed by atoms with E-state index in [0.717, 1.165) is 57.4 Å². The monoisotopic (exact) mass is 419 g/mol. The molecule has 8 heteroatoms. The molecule has 0 aromatic heterocycles. The zero-order chi connectivity index (χ0) is 20.2. The van der Waals surface area contributed by atoms with Gasteiger partial charge >= 0.3 is 0 Å². The van der Waals surface area contributed by atoms with Gasteiger partial charge in [-0.15, -0.1) is 0 Å². The smallest absolute Gasteiger partial charge is 0.243 e. The van der Waals surface area contributed by atoms with Gasteiger partial charge in [-0.3, -0.25) is 4.90 Å². The topological polar surface area (TPSA) is 73.6 Å². The second kappa shape index (κ2) is 7.02. The second-order valence-electron chi connectivity index (χ2n) is 9.13. The summed E-state index contributed by atoms with van der Waals surface area (Å²) < 4.78 is 47.0. The summed E-state index contributed by atoms with van der Waals surface area (Å²) in [5.74, 6) is -0.696. The van der Waals surface area contributed by atoms with Crippen LogP contribution in [0.1, 0.15) is 44.1 Å². The lowest BCUT2D eigenvalue weighted by Crippen LogP contribution is -2.45. The number of sulfonamides is 1. The van der Waals surface area contributed by atoms with Gasteiger partial charge in [-0.05, 0) is 62.1 Å². The minimum atomic E-state index is -3.78. The maximum atomic E-state index is 13.8. The van der Waals surface area contributed by atoms with Crippen molar-refractivity contribution >= 4 is 10.0 Å². The molecule has 156 valence electrons. The number of morpholine rings is 1. The summed E-state index contributed by atoms with van der Waals surface area (Å²) in [5, 5.41) is 9.02. The molecule has 1 saturated carbocycles. The lowest BCUT2D eigenvalue weighted by atomic mass is 9.77. The molecule has 1 spiro atoms. The van der Waals surface area contributed by atoms with Crippen LogP contribution in [0.4, 0.5) is 4.39 Å². The molecular formula is C21H26FN3O3S. The van der Waals surface area contributed by atoms with Gasteiger partial charge < -0.3 is 4.74 Å². The third-order valence-electron chi connectivity index (χ3n) is 7.51. The number of benzene rings is 1. The van der Waals surface area contributed by atoms with Crippen molar-refractivity contribution in [1.29, 1.82) is 5.26 Å². The van der Waals surface area contributed by atoms with E-state index in [9.17, 15) is 12.8 Å². The minimum Gasteiger partial charge on any atom is -0.375 e. The summed E-state index contributed by atoms with van der Waals surface area (Å²) in [6, 6.07) is 6.33. The van der Waals surface area contributed by atoms with Crippen LogP contribution in [-0.2, 0) is 14.8 Å².